The van der Waals surface area contributed by atoms with E-state index in [1.165, 1.54) is 9.80 Å². The molecule has 1 aliphatic rings. The largest absolute Gasteiger partial charge is 0.490 e. The Morgan fingerprint density at radius 3 is 2.06 bits per heavy atom. The summed E-state index contributed by atoms with van der Waals surface area (Å²) in [5.74, 6) is 0.772. The Bertz CT molecular complexity index is 1030. The summed E-state index contributed by atoms with van der Waals surface area (Å²) in [5, 5.41) is 0.907. The molecule has 0 aliphatic carbocycles. The average Bonchev–Trinajstić information content (AvgIpc) is 2.90. The maximum absolute atomic E-state index is 12.7. The zero-order chi connectivity index (χ0) is 24.6. The molecule has 0 unspecified atom stereocenters. The number of rotatable bonds is 8. The Hall–Kier alpha value is -1.95. The van der Waals surface area contributed by atoms with Crippen LogP contribution >= 0.6 is 34.8 Å². The standard InChI is InChI=1S/C25H29Cl3N2O3/c1-24(2,18-13-19(27)21(20(28)14-18)33-12-6-11-26)17-9-7-16(8-10-17)15-30-22(31)25(3,4)29(5)23(30)32/h7-10,13-14H,6,11-12,15H2,1-5H3. The normalized spacial score (nSPS) is 16.0. The summed E-state index contributed by atoms with van der Waals surface area (Å²) in [4.78, 5) is 27.9. The molecule has 0 atom stereocenters. The van der Waals surface area contributed by atoms with Crippen LogP contribution in [0.15, 0.2) is 36.4 Å². The molecule has 3 amide bonds. The van der Waals surface area contributed by atoms with Crippen LogP contribution in [-0.4, -0.2) is 46.8 Å². The Morgan fingerprint density at radius 2 is 1.58 bits per heavy atom. The van der Waals surface area contributed by atoms with Gasteiger partial charge in [-0.3, -0.25) is 9.69 Å². The van der Waals surface area contributed by atoms with Gasteiger partial charge in [0.2, 0.25) is 0 Å². The van der Waals surface area contributed by atoms with Crippen molar-refractivity contribution >= 4 is 46.7 Å². The first kappa shape index (κ1) is 25.7. The van der Waals surface area contributed by atoms with E-state index in [1.54, 1.807) is 20.9 Å². The molecule has 1 saturated heterocycles. The highest BCUT2D eigenvalue weighted by Gasteiger charge is 2.49. The second-order valence-electron chi connectivity index (χ2n) is 9.27. The fourth-order valence-electron chi connectivity index (χ4n) is 3.78. The summed E-state index contributed by atoms with van der Waals surface area (Å²) >= 11 is 18.7. The molecule has 0 saturated carbocycles. The Balaban J connectivity index is 1.80. The highest BCUT2D eigenvalue weighted by atomic mass is 35.5. The predicted molar refractivity (Wildman–Crippen MR) is 134 cm³/mol. The van der Waals surface area contributed by atoms with Crippen molar-refractivity contribution in [1.82, 2.24) is 9.80 Å². The molecule has 178 valence electrons. The van der Waals surface area contributed by atoms with Crippen LogP contribution in [0.1, 0.15) is 50.8 Å². The Morgan fingerprint density at radius 1 is 1.00 bits per heavy atom. The minimum absolute atomic E-state index is 0.197. The van der Waals surface area contributed by atoms with Crippen molar-refractivity contribution in [1.29, 1.82) is 0 Å². The first-order valence-electron chi connectivity index (χ1n) is 10.8. The van der Waals surface area contributed by atoms with E-state index in [9.17, 15) is 9.59 Å². The minimum atomic E-state index is -0.836. The Kier molecular flexibility index (Phi) is 7.57. The highest BCUT2D eigenvalue weighted by Crippen LogP contribution is 2.40. The van der Waals surface area contributed by atoms with Crippen LogP contribution < -0.4 is 4.74 Å². The lowest BCUT2D eigenvalue weighted by molar-refractivity contribution is -0.132. The molecule has 0 radical (unpaired) electrons. The summed E-state index contributed by atoms with van der Waals surface area (Å²) < 4.78 is 5.69. The molecule has 0 N–H and O–H groups in total. The van der Waals surface area contributed by atoms with Crippen LogP contribution in [0.2, 0.25) is 10.0 Å². The van der Waals surface area contributed by atoms with Crippen molar-refractivity contribution in [2.75, 3.05) is 19.5 Å². The molecule has 1 heterocycles. The number of nitrogens with zero attached hydrogens (tertiary/aromatic N) is 2. The molecule has 1 aliphatic heterocycles. The maximum Gasteiger partial charge on any atom is 0.327 e. The number of urea groups is 1. The molecule has 0 aromatic heterocycles. The SMILES string of the molecule is CN1C(=O)N(Cc2ccc(C(C)(C)c3cc(Cl)c(OCCCCl)c(Cl)c3)cc2)C(=O)C1(C)C. The number of carbonyl (C=O) groups excluding carboxylic acids is 2. The van der Waals surface area contributed by atoms with Gasteiger partial charge in [0, 0.05) is 18.3 Å². The summed E-state index contributed by atoms with van der Waals surface area (Å²) in [6.07, 6.45) is 0.705. The highest BCUT2D eigenvalue weighted by molar-refractivity contribution is 6.37. The molecule has 5 nitrogen and oxygen atoms in total. The quantitative estimate of drug-likeness (QED) is 0.231. The van der Waals surface area contributed by atoms with E-state index >= 15 is 0 Å². The van der Waals surface area contributed by atoms with Gasteiger partial charge in [0.25, 0.3) is 5.91 Å². The molecule has 8 heteroatoms. The number of benzene rings is 2. The fourth-order valence-corrected chi connectivity index (χ4v) is 4.49. The lowest BCUT2D eigenvalue weighted by Gasteiger charge is -2.27. The van der Waals surface area contributed by atoms with Gasteiger partial charge in [-0.1, -0.05) is 61.3 Å². The van der Waals surface area contributed by atoms with Crippen molar-refractivity contribution in [3.63, 3.8) is 0 Å². The van der Waals surface area contributed by atoms with Gasteiger partial charge in [-0.25, -0.2) is 4.79 Å². The van der Waals surface area contributed by atoms with Gasteiger partial charge in [0.15, 0.2) is 5.75 Å². The number of alkyl halides is 1. The molecule has 1 fully saturated rings. The van der Waals surface area contributed by atoms with Gasteiger partial charge in [-0.05, 0) is 49.1 Å². The molecular weight excluding hydrogens is 483 g/mol. The molecule has 0 bridgehead atoms. The van der Waals surface area contributed by atoms with E-state index in [1.807, 2.05) is 36.4 Å². The van der Waals surface area contributed by atoms with E-state index in [-0.39, 0.29) is 23.9 Å². The number of amides is 3. The predicted octanol–water partition coefficient (Wildman–Crippen LogP) is 6.50. The van der Waals surface area contributed by atoms with Crippen molar-refractivity contribution in [2.45, 2.75) is 51.6 Å². The van der Waals surface area contributed by atoms with Crippen molar-refractivity contribution in [2.24, 2.45) is 0 Å². The van der Waals surface area contributed by atoms with E-state index in [4.69, 9.17) is 39.5 Å². The van der Waals surface area contributed by atoms with Gasteiger partial charge in [0.05, 0.1) is 23.2 Å². The van der Waals surface area contributed by atoms with E-state index < -0.39 is 5.54 Å². The number of carbonyl (C=O) groups is 2. The second kappa shape index (κ2) is 9.73. The molecule has 33 heavy (non-hydrogen) atoms. The Labute approximate surface area is 210 Å². The van der Waals surface area contributed by atoms with Crippen molar-refractivity contribution < 1.29 is 14.3 Å². The monoisotopic (exact) mass is 510 g/mol. The molecular formula is C25H29Cl3N2O3. The van der Waals surface area contributed by atoms with Crippen LogP contribution in [-0.2, 0) is 16.8 Å². The fraction of sp³-hybridized carbons (Fsp3) is 0.440. The number of halogens is 3. The summed E-state index contributed by atoms with van der Waals surface area (Å²) in [6, 6.07) is 11.3. The number of likely N-dealkylation sites (N-methyl/N-ethyl adjacent to an activating group) is 1. The number of imide groups is 1. The molecule has 0 spiro atoms. The van der Waals surface area contributed by atoms with Crippen LogP contribution in [0.5, 0.6) is 5.75 Å². The topological polar surface area (TPSA) is 49.9 Å². The second-order valence-corrected chi connectivity index (χ2v) is 10.5. The van der Waals surface area contributed by atoms with E-state index in [0.29, 0.717) is 34.7 Å². The van der Waals surface area contributed by atoms with E-state index in [0.717, 1.165) is 16.7 Å². The third kappa shape index (κ3) is 4.96. The summed E-state index contributed by atoms with van der Waals surface area (Å²) in [5.41, 5.74) is 1.65. The van der Waals surface area contributed by atoms with Crippen LogP contribution in [0.4, 0.5) is 4.79 Å². The summed E-state index contributed by atoms with van der Waals surface area (Å²) in [7, 11) is 1.65. The van der Waals surface area contributed by atoms with Gasteiger partial charge in [-0.15, -0.1) is 11.6 Å². The third-order valence-electron chi connectivity index (χ3n) is 6.39. The lowest BCUT2D eigenvalue weighted by Crippen LogP contribution is -2.41. The van der Waals surface area contributed by atoms with E-state index in [2.05, 4.69) is 13.8 Å². The zero-order valence-electron chi connectivity index (χ0n) is 19.5. The number of ether oxygens (including phenoxy) is 1. The first-order chi connectivity index (χ1) is 15.4. The van der Waals surface area contributed by atoms with Gasteiger partial charge in [-0.2, -0.15) is 0 Å². The van der Waals surface area contributed by atoms with Crippen LogP contribution in [0, 0.1) is 0 Å². The zero-order valence-corrected chi connectivity index (χ0v) is 21.8. The molecule has 3 rings (SSSR count). The first-order valence-corrected chi connectivity index (χ1v) is 12.1. The summed E-state index contributed by atoms with van der Waals surface area (Å²) in [6.45, 7) is 8.36. The van der Waals surface area contributed by atoms with Crippen molar-refractivity contribution in [3.05, 3.63) is 63.1 Å². The molecule has 2 aromatic carbocycles. The third-order valence-corrected chi connectivity index (χ3v) is 7.21. The van der Waals surface area contributed by atoms with Gasteiger partial charge < -0.3 is 9.64 Å². The maximum atomic E-state index is 12.7. The average molecular weight is 512 g/mol. The lowest BCUT2D eigenvalue weighted by atomic mass is 9.78. The van der Waals surface area contributed by atoms with Gasteiger partial charge >= 0.3 is 6.03 Å². The van der Waals surface area contributed by atoms with Crippen LogP contribution in [0.3, 0.4) is 0 Å². The minimum Gasteiger partial charge on any atom is -0.490 e. The van der Waals surface area contributed by atoms with Crippen LogP contribution in [0.25, 0.3) is 0 Å². The molecule has 2 aromatic rings. The van der Waals surface area contributed by atoms with Crippen molar-refractivity contribution in [3.8, 4) is 5.75 Å². The smallest absolute Gasteiger partial charge is 0.327 e. The van der Waals surface area contributed by atoms with Gasteiger partial charge in [0.1, 0.15) is 5.54 Å². The number of hydrogen-bond donors (Lipinski definition) is 0. The number of hydrogen-bond acceptors (Lipinski definition) is 3.